The van der Waals surface area contributed by atoms with Gasteiger partial charge in [0.15, 0.2) is 6.10 Å². The molecule has 1 aromatic rings. The first-order chi connectivity index (χ1) is 10.0. The number of hydrogen-bond acceptors (Lipinski definition) is 3. The second-order valence-corrected chi connectivity index (χ2v) is 6.13. The van der Waals surface area contributed by atoms with E-state index in [2.05, 4.69) is 0 Å². The molecule has 1 aliphatic carbocycles. The molecule has 3 rings (SSSR count). The molecule has 1 heterocycles. The minimum absolute atomic E-state index is 0. The lowest BCUT2D eigenvalue weighted by atomic mass is 9.98. The van der Waals surface area contributed by atoms with Crippen LogP contribution in [0.3, 0.4) is 0 Å². The van der Waals surface area contributed by atoms with E-state index in [4.69, 9.17) is 10.5 Å². The zero-order valence-electron chi connectivity index (χ0n) is 12.6. The van der Waals surface area contributed by atoms with Crippen LogP contribution in [-0.2, 0) is 4.79 Å². The Morgan fingerprint density at radius 3 is 2.86 bits per heavy atom. The van der Waals surface area contributed by atoms with Crippen molar-refractivity contribution in [2.75, 3.05) is 13.1 Å². The number of hydrogen-bond donors (Lipinski definition) is 1. The molecular formula is C16H22ClFN2O2. The van der Waals surface area contributed by atoms with Gasteiger partial charge >= 0.3 is 0 Å². The summed E-state index contributed by atoms with van der Waals surface area (Å²) in [6.45, 7) is 3.21. The van der Waals surface area contributed by atoms with Crippen molar-refractivity contribution in [3.05, 3.63) is 30.1 Å². The Labute approximate surface area is 136 Å². The molecule has 1 amide bonds. The zero-order chi connectivity index (χ0) is 15.0. The third-order valence-electron chi connectivity index (χ3n) is 4.68. The van der Waals surface area contributed by atoms with E-state index in [-0.39, 0.29) is 30.2 Å². The lowest BCUT2D eigenvalue weighted by Gasteiger charge is -2.23. The van der Waals surface area contributed by atoms with E-state index in [0.29, 0.717) is 17.6 Å². The molecule has 122 valence electrons. The maximum atomic E-state index is 13.1. The van der Waals surface area contributed by atoms with Gasteiger partial charge in [-0.3, -0.25) is 4.79 Å². The molecule has 0 aromatic heterocycles. The summed E-state index contributed by atoms with van der Waals surface area (Å²) in [6, 6.07) is 6.08. The van der Waals surface area contributed by atoms with Gasteiger partial charge in [-0.2, -0.15) is 0 Å². The fourth-order valence-electron chi connectivity index (χ4n) is 3.54. The van der Waals surface area contributed by atoms with Gasteiger partial charge in [-0.05, 0) is 43.7 Å². The maximum absolute atomic E-state index is 13.1. The Morgan fingerprint density at radius 2 is 2.18 bits per heavy atom. The number of nitrogens with two attached hydrogens (primary N) is 1. The average Bonchev–Trinajstić information content (AvgIpc) is 3.00. The van der Waals surface area contributed by atoms with E-state index in [9.17, 15) is 9.18 Å². The molecule has 4 atom stereocenters. The molecule has 1 aliphatic heterocycles. The standard InChI is InChI=1S/C16H21FN2O2.ClH/c1-10(21-13-4-2-3-12(17)7-13)16(20)19-8-11-5-6-15(18)14(11)9-19;/h2-4,7,10-11,14-15H,5-6,8-9,18H2,1H3;1H. The summed E-state index contributed by atoms with van der Waals surface area (Å²) < 4.78 is 18.7. The van der Waals surface area contributed by atoms with Crippen LogP contribution < -0.4 is 10.5 Å². The number of nitrogens with zero attached hydrogens (tertiary/aromatic N) is 1. The van der Waals surface area contributed by atoms with E-state index in [1.165, 1.54) is 12.1 Å². The summed E-state index contributed by atoms with van der Waals surface area (Å²) in [4.78, 5) is 14.3. The summed E-state index contributed by atoms with van der Waals surface area (Å²) >= 11 is 0. The molecule has 2 aliphatic rings. The molecular weight excluding hydrogens is 307 g/mol. The molecule has 0 radical (unpaired) electrons. The Balaban J connectivity index is 0.00000176. The number of ether oxygens (including phenoxy) is 1. The number of carbonyl (C=O) groups is 1. The van der Waals surface area contributed by atoms with Crippen molar-refractivity contribution in [1.29, 1.82) is 0 Å². The number of amides is 1. The minimum atomic E-state index is -0.609. The first kappa shape index (κ1) is 17.0. The van der Waals surface area contributed by atoms with Crippen LogP contribution in [0.4, 0.5) is 4.39 Å². The smallest absolute Gasteiger partial charge is 0.263 e. The van der Waals surface area contributed by atoms with Crippen molar-refractivity contribution < 1.29 is 13.9 Å². The summed E-state index contributed by atoms with van der Waals surface area (Å²) in [5.41, 5.74) is 6.09. The number of halogens is 2. The van der Waals surface area contributed by atoms with Crippen LogP contribution in [0, 0.1) is 17.7 Å². The molecule has 2 fully saturated rings. The van der Waals surface area contributed by atoms with Gasteiger partial charge in [-0.15, -0.1) is 12.4 Å². The lowest BCUT2D eigenvalue weighted by molar-refractivity contribution is -0.137. The zero-order valence-corrected chi connectivity index (χ0v) is 13.4. The van der Waals surface area contributed by atoms with Gasteiger partial charge in [0.2, 0.25) is 0 Å². The Hall–Kier alpha value is -1.33. The van der Waals surface area contributed by atoms with Crippen molar-refractivity contribution in [1.82, 2.24) is 4.90 Å². The Kier molecular flexibility index (Phi) is 5.29. The average molecular weight is 329 g/mol. The van der Waals surface area contributed by atoms with E-state index in [1.54, 1.807) is 19.1 Å². The highest BCUT2D eigenvalue weighted by Gasteiger charge is 2.43. The van der Waals surface area contributed by atoms with Crippen LogP contribution in [-0.4, -0.2) is 36.0 Å². The number of fused-ring (bicyclic) bond motifs is 1. The number of carbonyl (C=O) groups excluding carboxylic acids is 1. The van der Waals surface area contributed by atoms with Gasteiger partial charge in [-0.25, -0.2) is 4.39 Å². The van der Waals surface area contributed by atoms with Gasteiger partial charge in [0.05, 0.1) is 0 Å². The number of likely N-dealkylation sites (tertiary alicyclic amines) is 1. The Morgan fingerprint density at radius 1 is 1.41 bits per heavy atom. The predicted molar refractivity (Wildman–Crippen MR) is 84.5 cm³/mol. The molecule has 0 bridgehead atoms. The van der Waals surface area contributed by atoms with Crippen LogP contribution in [0.5, 0.6) is 5.75 Å². The molecule has 22 heavy (non-hydrogen) atoms. The van der Waals surface area contributed by atoms with Gasteiger partial charge in [0.25, 0.3) is 5.91 Å². The van der Waals surface area contributed by atoms with Crippen molar-refractivity contribution in [2.45, 2.75) is 31.9 Å². The quantitative estimate of drug-likeness (QED) is 0.925. The van der Waals surface area contributed by atoms with Gasteiger partial charge in [0.1, 0.15) is 11.6 Å². The Bertz CT molecular complexity index is 543. The fraction of sp³-hybridized carbons (Fsp3) is 0.562. The van der Waals surface area contributed by atoms with E-state index < -0.39 is 6.10 Å². The first-order valence-corrected chi connectivity index (χ1v) is 7.51. The third-order valence-corrected chi connectivity index (χ3v) is 4.68. The van der Waals surface area contributed by atoms with E-state index >= 15 is 0 Å². The summed E-state index contributed by atoms with van der Waals surface area (Å²) in [5.74, 6) is 0.933. The van der Waals surface area contributed by atoms with Crippen molar-refractivity contribution in [3.63, 3.8) is 0 Å². The van der Waals surface area contributed by atoms with Crippen LogP contribution in [0.25, 0.3) is 0 Å². The largest absolute Gasteiger partial charge is 0.481 e. The molecule has 4 nitrogen and oxygen atoms in total. The van der Waals surface area contributed by atoms with Crippen molar-refractivity contribution in [2.24, 2.45) is 17.6 Å². The topological polar surface area (TPSA) is 55.6 Å². The van der Waals surface area contributed by atoms with Crippen molar-refractivity contribution >= 4 is 18.3 Å². The minimum Gasteiger partial charge on any atom is -0.481 e. The van der Waals surface area contributed by atoms with Crippen LogP contribution in [0.2, 0.25) is 0 Å². The SMILES string of the molecule is CC(Oc1cccc(F)c1)C(=O)N1CC2CCC(N)C2C1.Cl. The monoisotopic (exact) mass is 328 g/mol. The molecule has 1 aromatic carbocycles. The van der Waals surface area contributed by atoms with E-state index in [1.807, 2.05) is 4.90 Å². The van der Waals surface area contributed by atoms with Gasteiger partial charge in [0, 0.05) is 25.2 Å². The number of rotatable bonds is 3. The second kappa shape index (κ2) is 6.84. The highest BCUT2D eigenvalue weighted by molar-refractivity contribution is 5.85. The fourth-order valence-corrected chi connectivity index (χ4v) is 3.54. The van der Waals surface area contributed by atoms with Crippen LogP contribution in [0.1, 0.15) is 19.8 Å². The molecule has 2 N–H and O–H groups in total. The van der Waals surface area contributed by atoms with Crippen LogP contribution >= 0.6 is 12.4 Å². The first-order valence-electron chi connectivity index (χ1n) is 7.51. The van der Waals surface area contributed by atoms with Gasteiger partial charge in [-0.1, -0.05) is 6.07 Å². The molecule has 0 spiro atoms. The summed E-state index contributed by atoms with van der Waals surface area (Å²) in [7, 11) is 0. The van der Waals surface area contributed by atoms with Crippen molar-refractivity contribution in [3.8, 4) is 5.75 Å². The van der Waals surface area contributed by atoms with Gasteiger partial charge < -0.3 is 15.4 Å². The molecule has 4 unspecified atom stereocenters. The lowest BCUT2D eigenvalue weighted by Crippen LogP contribution is -2.40. The molecule has 1 saturated carbocycles. The number of benzene rings is 1. The summed E-state index contributed by atoms with van der Waals surface area (Å²) in [5, 5.41) is 0. The molecule has 6 heteroatoms. The predicted octanol–water partition coefficient (Wildman–Crippen LogP) is 2.21. The summed E-state index contributed by atoms with van der Waals surface area (Å²) in [6.07, 6.45) is 1.56. The van der Waals surface area contributed by atoms with Crippen LogP contribution in [0.15, 0.2) is 24.3 Å². The molecule has 1 saturated heterocycles. The van der Waals surface area contributed by atoms with E-state index in [0.717, 1.165) is 25.9 Å². The highest BCUT2D eigenvalue weighted by Crippen LogP contribution is 2.37. The normalized spacial score (nSPS) is 28.0. The third kappa shape index (κ3) is 3.36. The maximum Gasteiger partial charge on any atom is 0.263 e. The second-order valence-electron chi connectivity index (χ2n) is 6.13. The highest BCUT2D eigenvalue weighted by atomic mass is 35.5.